The molecule has 1 atom stereocenters. The lowest BCUT2D eigenvalue weighted by Crippen LogP contribution is -2.22. The molecule has 1 amide bonds. The molecule has 0 spiro atoms. The molecule has 5 nitrogen and oxygen atoms in total. The number of anilines is 1. The second-order valence-corrected chi connectivity index (χ2v) is 8.23. The molecule has 0 aliphatic heterocycles. The van der Waals surface area contributed by atoms with Crippen LogP contribution in [0.25, 0.3) is 0 Å². The van der Waals surface area contributed by atoms with Gasteiger partial charge in [-0.15, -0.1) is 0 Å². The van der Waals surface area contributed by atoms with Gasteiger partial charge in [-0.05, 0) is 48.4 Å². The number of nitrogens with zero attached hydrogens (tertiary/aromatic N) is 2. The van der Waals surface area contributed by atoms with Crippen LogP contribution < -0.4 is 5.32 Å². The van der Waals surface area contributed by atoms with Gasteiger partial charge in [0.1, 0.15) is 0 Å². The zero-order chi connectivity index (χ0) is 21.3. The summed E-state index contributed by atoms with van der Waals surface area (Å²) in [7, 11) is 0. The van der Waals surface area contributed by atoms with E-state index in [1.54, 1.807) is 6.07 Å². The fourth-order valence-corrected chi connectivity index (χ4v) is 3.85. The molecule has 1 heterocycles. The SMILES string of the molecule is Cc1cccc(C(=O)Nc2ncc3c(n2)CC(c2ccc(C(C)C)cc2)CC3=O)c1. The largest absolute Gasteiger partial charge is 0.294 e. The van der Waals surface area contributed by atoms with Gasteiger partial charge >= 0.3 is 0 Å². The van der Waals surface area contributed by atoms with E-state index in [2.05, 4.69) is 53.4 Å². The number of hydrogen-bond donors (Lipinski definition) is 1. The summed E-state index contributed by atoms with van der Waals surface area (Å²) in [5, 5.41) is 2.75. The van der Waals surface area contributed by atoms with Crippen molar-refractivity contribution in [2.75, 3.05) is 5.32 Å². The van der Waals surface area contributed by atoms with E-state index in [1.165, 1.54) is 11.8 Å². The van der Waals surface area contributed by atoms with Gasteiger partial charge in [-0.3, -0.25) is 14.9 Å². The summed E-state index contributed by atoms with van der Waals surface area (Å²) >= 11 is 0. The molecule has 0 bridgehead atoms. The van der Waals surface area contributed by atoms with Crippen molar-refractivity contribution < 1.29 is 9.59 Å². The highest BCUT2D eigenvalue weighted by Gasteiger charge is 2.28. The Morgan fingerprint density at radius 2 is 1.87 bits per heavy atom. The Kier molecular flexibility index (Phi) is 5.44. The van der Waals surface area contributed by atoms with E-state index in [4.69, 9.17) is 0 Å². The predicted molar refractivity (Wildman–Crippen MR) is 117 cm³/mol. The Hall–Kier alpha value is -3.34. The highest BCUT2D eigenvalue weighted by atomic mass is 16.1. The summed E-state index contributed by atoms with van der Waals surface area (Å²) in [6.45, 7) is 6.27. The molecule has 30 heavy (non-hydrogen) atoms. The standard InChI is InChI=1S/C25H25N3O2/c1-15(2)17-7-9-18(10-8-17)20-12-22-21(23(29)13-20)14-26-25(27-22)28-24(30)19-6-4-5-16(3)11-19/h4-11,14-15,20H,12-13H2,1-3H3,(H,26,27,28,30). The van der Waals surface area contributed by atoms with E-state index < -0.39 is 0 Å². The minimum Gasteiger partial charge on any atom is -0.294 e. The molecule has 1 aliphatic carbocycles. The Balaban J connectivity index is 1.55. The fraction of sp³-hybridized carbons (Fsp3) is 0.280. The maximum atomic E-state index is 12.7. The van der Waals surface area contributed by atoms with Crippen molar-refractivity contribution in [3.8, 4) is 0 Å². The Labute approximate surface area is 176 Å². The van der Waals surface area contributed by atoms with Crippen molar-refractivity contribution >= 4 is 17.6 Å². The third-order valence-corrected chi connectivity index (χ3v) is 5.62. The van der Waals surface area contributed by atoms with E-state index in [0.717, 1.165) is 11.1 Å². The Morgan fingerprint density at radius 3 is 2.57 bits per heavy atom. The molecule has 152 valence electrons. The normalized spacial score (nSPS) is 15.7. The number of amides is 1. The van der Waals surface area contributed by atoms with Gasteiger partial charge in [0, 0.05) is 18.2 Å². The lowest BCUT2D eigenvalue weighted by atomic mass is 9.81. The number of carbonyl (C=O) groups is 2. The van der Waals surface area contributed by atoms with Crippen LogP contribution in [-0.4, -0.2) is 21.7 Å². The first kappa shape index (κ1) is 20.0. The molecule has 4 rings (SSSR count). The lowest BCUT2D eigenvalue weighted by molar-refractivity contribution is 0.0962. The van der Waals surface area contributed by atoms with E-state index in [1.807, 2.05) is 25.1 Å². The number of rotatable bonds is 4. The first-order chi connectivity index (χ1) is 14.4. The topological polar surface area (TPSA) is 72.0 Å². The van der Waals surface area contributed by atoms with Gasteiger partial charge in [0.15, 0.2) is 5.78 Å². The second kappa shape index (κ2) is 8.19. The number of hydrogen-bond acceptors (Lipinski definition) is 4. The van der Waals surface area contributed by atoms with Gasteiger partial charge < -0.3 is 0 Å². The summed E-state index contributed by atoms with van der Waals surface area (Å²) in [6.07, 6.45) is 2.64. The lowest BCUT2D eigenvalue weighted by Gasteiger charge is -2.23. The van der Waals surface area contributed by atoms with Crippen LogP contribution in [-0.2, 0) is 6.42 Å². The van der Waals surface area contributed by atoms with Crippen LogP contribution in [0.1, 0.15) is 75.2 Å². The highest BCUT2D eigenvalue weighted by Crippen LogP contribution is 2.32. The van der Waals surface area contributed by atoms with E-state index >= 15 is 0 Å². The quantitative estimate of drug-likeness (QED) is 0.664. The first-order valence-electron chi connectivity index (χ1n) is 10.3. The van der Waals surface area contributed by atoms with Gasteiger partial charge in [0.05, 0.1) is 11.3 Å². The van der Waals surface area contributed by atoms with Gasteiger partial charge in [-0.1, -0.05) is 55.8 Å². The van der Waals surface area contributed by atoms with Crippen molar-refractivity contribution in [1.29, 1.82) is 0 Å². The van der Waals surface area contributed by atoms with Crippen LogP contribution in [0.2, 0.25) is 0 Å². The third-order valence-electron chi connectivity index (χ3n) is 5.62. The average Bonchev–Trinajstić information content (AvgIpc) is 2.73. The summed E-state index contributed by atoms with van der Waals surface area (Å²) < 4.78 is 0. The number of fused-ring (bicyclic) bond motifs is 1. The van der Waals surface area contributed by atoms with Crippen LogP contribution >= 0.6 is 0 Å². The molecule has 2 aromatic carbocycles. The van der Waals surface area contributed by atoms with Crippen molar-refractivity contribution in [3.05, 3.63) is 88.2 Å². The van der Waals surface area contributed by atoms with Crippen LogP contribution in [0, 0.1) is 6.92 Å². The van der Waals surface area contributed by atoms with Gasteiger partial charge in [0.25, 0.3) is 5.91 Å². The van der Waals surface area contributed by atoms with Crippen molar-refractivity contribution in [2.24, 2.45) is 0 Å². The van der Waals surface area contributed by atoms with Crippen LogP contribution in [0.3, 0.4) is 0 Å². The smallest absolute Gasteiger partial charge is 0.258 e. The molecule has 3 aromatic rings. The van der Waals surface area contributed by atoms with E-state index in [9.17, 15) is 9.59 Å². The van der Waals surface area contributed by atoms with E-state index in [0.29, 0.717) is 35.6 Å². The van der Waals surface area contributed by atoms with E-state index in [-0.39, 0.29) is 23.6 Å². The Bertz CT molecular complexity index is 1100. The molecule has 0 saturated heterocycles. The molecule has 5 heteroatoms. The average molecular weight is 399 g/mol. The molecule has 1 N–H and O–H groups in total. The van der Waals surface area contributed by atoms with Crippen molar-refractivity contribution in [1.82, 2.24) is 9.97 Å². The number of carbonyl (C=O) groups excluding carboxylic acids is 2. The number of Topliss-reactive ketones (excluding diaryl/α,β-unsaturated/α-hetero) is 1. The molecular formula is C25H25N3O2. The second-order valence-electron chi connectivity index (χ2n) is 8.23. The Morgan fingerprint density at radius 1 is 1.10 bits per heavy atom. The first-order valence-corrected chi connectivity index (χ1v) is 10.3. The maximum Gasteiger partial charge on any atom is 0.258 e. The summed E-state index contributed by atoms with van der Waals surface area (Å²) in [4.78, 5) is 33.9. The summed E-state index contributed by atoms with van der Waals surface area (Å²) in [5.74, 6) is 0.567. The van der Waals surface area contributed by atoms with Gasteiger partial charge in [-0.2, -0.15) is 0 Å². The zero-order valence-corrected chi connectivity index (χ0v) is 17.5. The molecule has 0 saturated carbocycles. The van der Waals surface area contributed by atoms with Gasteiger partial charge in [0.2, 0.25) is 5.95 Å². The zero-order valence-electron chi connectivity index (χ0n) is 17.5. The number of nitrogens with one attached hydrogen (secondary N) is 1. The molecular weight excluding hydrogens is 374 g/mol. The third kappa shape index (κ3) is 4.15. The summed E-state index contributed by atoms with van der Waals surface area (Å²) in [5.41, 5.74) is 5.23. The molecule has 0 fully saturated rings. The fourth-order valence-electron chi connectivity index (χ4n) is 3.85. The predicted octanol–water partition coefficient (Wildman–Crippen LogP) is 5.07. The number of aryl methyl sites for hydroxylation is 1. The monoisotopic (exact) mass is 399 g/mol. The van der Waals surface area contributed by atoms with Crippen molar-refractivity contribution in [3.63, 3.8) is 0 Å². The van der Waals surface area contributed by atoms with Crippen LogP contribution in [0.4, 0.5) is 5.95 Å². The number of benzene rings is 2. The molecule has 1 unspecified atom stereocenters. The van der Waals surface area contributed by atoms with Crippen LogP contribution in [0.5, 0.6) is 0 Å². The number of ketones is 1. The summed E-state index contributed by atoms with van der Waals surface area (Å²) in [6, 6.07) is 15.8. The number of aromatic nitrogens is 2. The minimum absolute atomic E-state index is 0.0470. The van der Waals surface area contributed by atoms with Crippen LogP contribution in [0.15, 0.2) is 54.7 Å². The molecule has 1 aromatic heterocycles. The minimum atomic E-state index is -0.262. The molecule has 1 aliphatic rings. The van der Waals surface area contributed by atoms with Gasteiger partial charge in [-0.25, -0.2) is 9.97 Å². The molecule has 0 radical (unpaired) electrons. The highest BCUT2D eigenvalue weighted by molar-refractivity contribution is 6.03. The maximum absolute atomic E-state index is 12.7. The van der Waals surface area contributed by atoms with Crippen molar-refractivity contribution in [2.45, 2.75) is 45.4 Å².